The summed E-state index contributed by atoms with van der Waals surface area (Å²) in [4.78, 5) is 21.3. The Labute approximate surface area is 214 Å². The van der Waals surface area contributed by atoms with Crippen LogP contribution in [0.3, 0.4) is 0 Å². The molecule has 1 aliphatic heterocycles. The highest BCUT2D eigenvalue weighted by Crippen LogP contribution is 2.33. The Kier molecular flexibility index (Phi) is 14.3. The Morgan fingerprint density at radius 1 is 1.31 bits per heavy atom. The molecule has 208 valence electrons. The number of ether oxygens (including phenoxy) is 2. The first-order valence-corrected chi connectivity index (χ1v) is 13.0. The Balaban J connectivity index is 0.00000120. The SMILES string of the molecule is CC.CCO.CCOCCC(C)N(C)C1CCC(C(=O)N2CCc3ncc(OC(F)(F)F)cc3C2)C1. The Morgan fingerprint density at radius 3 is 2.58 bits per heavy atom. The standard InChI is InChI=1S/C22H32F3N3O3.C2H6O.C2H6/c1-4-30-10-8-15(2)27(3)18-6-5-16(11-18)21(29)28-9-7-20-17(14-28)12-19(13-26-20)31-22(23,24)25;1-2-3;1-2/h12-13,15-16,18H,4-11,14H2,1-3H3;3H,2H2,1H3;1-2H3. The van der Waals surface area contributed by atoms with E-state index in [0.29, 0.717) is 30.6 Å². The van der Waals surface area contributed by atoms with Crippen LogP contribution in [0.25, 0.3) is 0 Å². The molecular weight excluding hydrogens is 475 g/mol. The van der Waals surface area contributed by atoms with Crippen molar-refractivity contribution >= 4 is 5.91 Å². The summed E-state index contributed by atoms with van der Waals surface area (Å²) in [5.74, 6) is -0.300. The van der Waals surface area contributed by atoms with Crippen molar-refractivity contribution < 1.29 is 32.5 Å². The lowest BCUT2D eigenvalue weighted by atomic mass is 10.0. The van der Waals surface area contributed by atoms with E-state index < -0.39 is 6.36 Å². The Morgan fingerprint density at radius 2 is 1.97 bits per heavy atom. The minimum atomic E-state index is -4.76. The molecule has 0 radical (unpaired) electrons. The van der Waals surface area contributed by atoms with Crippen LogP contribution in [0.1, 0.15) is 71.6 Å². The molecule has 1 amide bonds. The van der Waals surface area contributed by atoms with Gasteiger partial charge in [-0.25, -0.2) is 0 Å². The van der Waals surface area contributed by atoms with E-state index in [1.807, 2.05) is 20.8 Å². The molecule has 0 saturated heterocycles. The number of hydrogen-bond acceptors (Lipinski definition) is 6. The van der Waals surface area contributed by atoms with Crippen molar-refractivity contribution in [3.05, 3.63) is 23.5 Å². The molecule has 1 aliphatic carbocycles. The fraction of sp³-hybridized carbons (Fsp3) is 0.769. The minimum Gasteiger partial charge on any atom is -0.404 e. The smallest absolute Gasteiger partial charge is 0.404 e. The van der Waals surface area contributed by atoms with Gasteiger partial charge < -0.3 is 24.4 Å². The van der Waals surface area contributed by atoms with Crippen LogP contribution in [0.5, 0.6) is 5.75 Å². The van der Waals surface area contributed by atoms with Gasteiger partial charge in [0.05, 0.1) is 6.20 Å². The van der Waals surface area contributed by atoms with Crippen LogP contribution < -0.4 is 4.74 Å². The molecule has 1 saturated carbocycles. The number of rotatable bonds is 8. The maximum absolute atomic E-state index is 13.1. The number of aliphatic hydroxyl groups excluding tert-OH is 1. The number of alkyl halides is 3. The van der Waals surface area contributed by atoms with Gasteiger partial charge in [-0.15, -0.1) is 13.2 Å². The highest BCUT2D eigenvalue weighted by Gasteiger charge is 2.37. The summed E-state index contributed by atoms with van der Waals surface area (Å²) in [6.45, 7) is 12.4. The first-order chi connectivity index (χ1) is 17.1. The molecular formula is C26H44F3N3O4. The number of hydrogen-bond donors (Lipinski definition) is 1. The highest BCUT2D eigenvalue weighted by molar-refractivity contribution is 5.79. The second-order valence-corrected chi connectivity index (χ2v) is 8.81. The van der Waals surface area contributed by atoms with Crippen molar-refractivity contribution in [2.24, 2.45) is 5.92 Å². The number of nitrogens with zero attached hydrogens (tertiary/aromatic N) is 3. The number of pyridine rings is 1. The number of carbonyl (C=O) groups is 1. The third kappa shape index (κ3) is 10.2. The van der Waals surface area contributed by atoms with Crippen molar-refractivity contribution in [1.82, 2.24) is 14.8 Å². The van der Waals surface area contributed by atoms with Crippen molar-refractivity contribution in [2.75, 3.05) is 33.4 Å². The minimum absolute atomic E-state index is 0.0457. The number of fused-ring (bicyclic) bond motifs is 1. The quantitative estimate of drug-likeness (QED) is 0.497. The molecule has 1 aromatic heterocycles. The predicted molar refractivity (Wildman–Crippen MR) is 134 cm³/mol. The van der Waals surface area contributed by atoms with E-state index in [1.54, 1.807) is 11.8 Å². The van der Waals surface area contributed by atoms with Gasteiger partial charge in [-0.1, -0.05) is 13.8 Å². The Bertz CT molecular complexity index is 779. The summed E-state index contributed by atoms with van der Waals surface area (Å²) in [7, 11) is 2.11. The third-order valence-corrected chi connectivity index (χ3v) is 6.47. The average molecular weight is 520 g/mol. The van der Waals surface area contributed by atoms with Gasteiger partial charge in [0.25, 0.3) is 0 Å². The molecule has 2 aliphatic rings. The van der Waals surface area contributed by atoms with Crippen LogP contribution in [0.4, 0.5) is 13.2 Å². The zero-order valence-electron chi connectivity index (χ0n) is 22.6. The van der Waals surface area contributed by atoms with Gasteiger partial charge in [0, 0.05) is 63.0 Å². The van der Waals surface area contributed by atoms with Crippen molar-refractivity contribution in [2.45, 2.75) is 91.7 Å². The summed E-state index contributed by atoms with van der Waals surface area (Å²) in [5.41, 5.74) is 1.35. The molecule has 2 heterocycles. The van der Waals surface area contributed by atoms with Gasteiger partial charge in [-0.2, -0.15) is 0 Å². The zero-order chi connectivity index (χ0) is 27.3. The maximum Gasteiger partial charge on any atom is 0.573 e. The van der Waals surface area contributed by atoms with E-state index in [2.05, 4.69) is 28.6 Å². The van der Waals surface area contributed by atoms with Crippen LogP contribution in [-0.2, 0) is 22.5 Å². The van der Waals surface area contributed by atoms with Crippen LogP contribution in [-0.4, -0.2) is 77.7 Å². The zero-order valence-corrected chi connectivity index (χ0v) is 22.6. The summed E-state index contributed by atoms with van der Waals surface area (Å²) < 4.78 is 46.9. The molecule has 3 atom stereocenters. The number of halogens is 3. The largest absolute Gasteiger partial charge is 0.573 e. The van der Waals surface area contributed by atoms with Crippen LogP contribution >= 0.6 is 0 Å². The molecule has 10 heteroatoms. The lowest BCUT2D eigenvalue weighted by molar-refractivity contribution is -0.274. The maximum atomic E-state index is 13.1. The summed E-state index contributed by atoms with van der Waals surface area (Å²) in [6, 6.07) is 2.09. The van der Waals surface area contributed by atoms with E-state index in [0.717, 1.165) is 50.8 Å². The highest BCUT2D eigenvalue weighted by atomic mass is 19.4. The van der Waals surface area contributed by atoms with E-state index in [1.165, 1.54) is 6.07 Å². The monoisotopic (exact) mass is 519 g/mol. The molecule has 0 spiro atoms. The van der Waals surface area contributed by atoms with Gasteiger partial charge in [0.15, 0.2) is 0 Å². The summed E-state index contributed by atoms with van der Waals surface area (Å²) in [6.07, 6.45) is 0.452. The Hall–Kier alpha value is -1.91. The van der Waals surface area contributed by atoms with Gasteiger partial charge in [0.2, 0.25) is 5.91 Å². The van der Waals surface area contributed by atoms with E-state index in [-0.39, 0.29) is 30.7 Å². The molecule has 3 rings (SSSR count). The number of aliphatic hydroxyl groups is 1. The van der Waals surface area contributed by atoms with Crippen LogP contribution in [0, 0.1) is 5.92 Å². The van der Waals surface area contributed by atoms with Crippen molar-refractivity contribution in [3.63, 3.8) is 0 Å². The normalized spacial score (nSPS) is 20.0. The summed E-state index contributed by atoms with van der Waals surface area (Å²) >= 11 is 0. The van der Waals surface area contributed by atoms with E-state index >= 15 is 0 Å². The van der Waals surface area contributed by atoms with Crippen LogP contribution in [0.15, 0.2) is 12.3 Å². The molecule has 1 N–H and O–H groups in total. The molecule has 3 unspecified atom stereocenters. The number of aromatic nitrogens is 1. The van der Waals surface area contributed by atoms with Gasteiger partial charge in [0.1, 0.15) is 5.75 Å². The molecule has 7 nitrogen and oxygen atoms in total. The second kappa shape index (κ2) is 16.0. The number of carbonyl (C=O) groups excluding carboxylic acids is 1. The molecule has 1 aromatic rings. The fourth-order valence-corrected chi connectivity index (χ4v) is 4.55. The van der Waals surface area contributed by atoms with Crippen LogP contribution in [0.2, 0.25) is 0 Å². The average Bonchev–Trinajstić information content (AvgIpc) is 3.34. The lowest BCUT2D eigenvalue weighted by Crippen LogP contribution is -2.41. The predicted octanol–water partition coefficient (Wildman–Crippen LogP) is 4.81. The summed E-state index contributed by atoms with van der Waals surface area (Å²) in [5, 5.41) is 7.57. The molecule has 0 aromatic carbocycles. The molecule has 1 fully saturated rings. The fourth-order valence-electron chi connectivity index (χ4n) is 4.55. The van der Waals surface area contributed by atoms with Gasteiger partial charge >= 0.3 is 6.36 Å². The third-order valence-electron chi connectivity index (χ3n) is 6.47. The first kappa shape index (κ1) is 32.1. The van der Waals surface area contributed by atoms with Crippen molar-refractivity contribution in [3.8, 4) is 5.75 Å². The van der Waals surface area contributed by atoms with E-state index in [4.69, 9.17) is 9.84 Å². The second-order valence-electron chi connectivity index (χ2n) is 8.81. The van der Waals surface area contributed by atoms with E-state index in [9.17, 15) is 18.0 Å². The lowest BCUT2D eigenvalue weighted by Gasteiger charge is -2.32. The van der Waals surface area contributed by atoms with Gasteiger partial charge in [-0.3, -0.25) is 9.78 Å². The first-order valence-electron chi connectivity index (χ1n) is 13.0. The topological polar surface area (TPSA) is 75.1 Å². The van der Waals surface area contributed by atoms with Gasteiger partial charge in [-0.05, 0) is 65.1 Å². The van der Waals surface area contributed by atoms with Crippen molar-refractivity contribution in [1.29, 1.82) is 0 Å². The number of amides is 1. The molecule has 0 bridgehead atoms. The molecule has 36 heavy (non-hydrogen) atoms.